The molecule has 0 aromatic heterocycles. The Labute approximate surface area is 134 Å². The van der Waals surface area contributed by atoms with Crippen LogP contribution >= 0.6 is 0 Å². The minimum absolute atomic E-state index is 0.0809. The van der Waals surface area contributed by atoms with E-state index in [4.69, 9.17) is 5.11 Å². The van der Waals surface area contributed by atoms with Crippen molar-refractivity contribution in [3.8, 4) is 0 Å². The first kappa shape index (κ1) is 20.8. The molecule has 22 heavy (non-hydrogen) atoms. The van der Waals surface area contributed by atoms with Crippen LogP contribution in [0, 0.1) is 0 Å². The molecule has 0 rings (SSSR count). The summed E-state index contributed by atoms with van der Waals surface area (Å²) in [7, 11) is 5.47. The second-order valence-electron chi connectivity index (χ2n) is 7.00. The molecule has 2 N–H and O–H groups in total. The summed E-state index contributed by atoms with van der Waals surface area (Å²) in [4.78, 5) is 23.2. The van der Waals surface area contributed by atoms with E-state index in [1.54, 1.807) is 6.08 Å². The number of unbranched alkanes of at least 4 members (excludes halogenated alkanes) is 4. The lowest BCUT2D eigenvalue weighted by atomic mass is 9.91. The molecule has 0 aromatic carbocycles. The topological polar surface area (TPSA) is 74.6 Å². The number of carboxylic acid groups (broad SMARTS) is 1. The van der Waals surface area contributed by atoms with Gasteiger partial charge in [-0.1, -0.05) is 38.3 Å². The molecule has 128 valence electrons. The summed E-state index contributed by atoms with van der Waals surface area (Å²) < 4.78 is 0.330. The predicted octanol–water partition coefficient (Wildman–Crippen LogP) is 2.38. The van der Waals surface area contributed by atoms with Gasteiger partial charge in [-0.15, -0.1) is 0 Å². The molecule has 0 aliphatic rings. The van der Waals surface area contributed by atoms with E-state index in [1.165, 1.54) is 19.3 Å². The summed E-state index contributed by atoms with van der Waals surface area (Å²) in [6.45, 7) is 2.24. The SMILES string of the molecule is CCCCCCC=CCC(=O)C(O)(CC(=O)O)C[N+](C)(C)C. The minimum atomic E-state index is -1.81. The molecule has 0 bridgehead atoms. The molecule has 0 saturated heterocycles. The van der Waals surface area contributed by atoms with Crippen LogP contribution in [0.4, 0.5) is 0 Å². The molecule has 1 unspecified atom stereocenters. The third kappa shape index (κ3) is 9.68. The van der Waals surface area contributed by atoms with E-state index in [0.717, 1.165) is 12.8 Å². The van der Waals surface area contributed by atoms with E-state index < -0.39 is 23.8 Å². The zero-order chi connectivity index (χ0) is 17.2. The van der Waals surface area contributed by atoms with Crippen LogP contribution in [-0.4, -0.2) is 59.7 Å². The monoisotopic (exact) mass is 314 g/mol. The fourth-order valence-electron chi connectivity index (χ4n) is 2.46. The smallest absolute Gasteiger partial charge is 0.306 e. The molecule has 0 radical (unpaired) electrons. The predicted molar refractivity (Wildman–Crippen MR) is 87.6 cm³/mol. The summed E-state index contributed by atoms with van der Waals surface area (Å²) in [6.07, 6.45) is 8.82. The number of hydrogen-bond acceptors (Lipinski definition) is 3. The number of Topliss-reactive ketones (excluding diaryl/α,β-unsaturated/α-hetero) is 1. The maximum absolute atomic E-state index is 12.2. The average Bonchev–Trinajstić information content (AvgIpc) is 2.34. The van der Waals surface area contributed by atoms with Gasteiger partial charge in [0.05, 0.1) is 27.6 Å². The minimum Gasteiger partial charge on any atom is -0.481 e. The van der Waals surface area contributed by atoms with Crippen molar-refractivity contribution in [2.24, 2.45) is 0 Å². The van der Waals surface area contributed by atoms with Crippen LogP contribution in [0.1, 0.15) is 51.9 Å². The van der Waals surface area contributed by atoms with Crippen molar-refractivity contribution in [2.45, 2.75) is 57.5 Å². The van der Waals surface area contributed by atoms with Crippen molar-refractivity contribution < 1.29 is 24.3 Å². The number of ketones is 1. The summed E-state index contributed by atoms with van der Waals surface area (Å²) in [6, 6.07) is 0. The van der Waals surface area contributed by atoms with Gasteiger partial charge < -0.3 is 14.7 Å². The lowest BCUT2D eigenvalue weighted by molar-refractivity contribution is -0.875. The number of aliphatic hydroxyl groups is 1. The van der Waals surface area contributed by atoms with Crippen molar-refractivity contribution in [2.75, 3.05) is 27.7 Å². The zero-order valence-electron chi connectivity index (χ0n) is 14.5. The van der Waals surface area contributed by atoms with E-state index in [1.807, 2.05) is 27.2 Å². The first-order valence-corrected chi connectivity index (χ1v) is 8.03. The van der Waals surface area contributed by atoms with Crippen molar-refractivity contribution >= 4 is 11.8 Å². The van der Waals surface area contributed by atoms with Crippen LogP contribution in [0.5, 0.6) is 0 Å². The van der Waals surface area contributed by atoms with E-state index in [9.17, 15) is 14.7 Å². The first-order chi connectivity index (χ1) is 10.1. The van der Waals surface area contributed by atoms with Crippen molar-refractivity contribution in [3.05, 3.63) is 12.2 Å². The summed E-state index contributed by atoms with van der Waals surface area (Å²) >= 11 is 0. The average molecular weight is 314 g/mol. The Kier molecular flexibility index (Phi) is 9.21. The van der Waals surface area contributed by atoms with Crippen LogP contribution in [0.25, 0.3) is 0 Å². The number of hydrogen-bond donors (Lipinski definition) is 2. The molecule has 1 atom stereocenters. The van der Waals surface area contributed by atoms with Crippen LogP contribution in [-0.2, 0) is 9.59 Å². The molecule has 0 aliphatic carbocycles. The Morgan fingerprint density at radius 3 is 2.23 bits per heavy atom. The number of nitrogens with zero attached hydrogens (tertiary/aromatic N) is 1. The molecule has 0 saturated carbocycles. The quantitative estimate of drug-likeness (QED) is 0.329. The molecule has 5 heteroatoms. The van der Waals surface area contributed by atoms with E-state index in [-0.39, 0.29) is 13.0 Å². The second-order valence-corrected chi connectivity index (χ2v) is 7.00. The number of aliphatic carboxylic acids is 1. The lowest BCUT2D eigenvalue weighted by Crippen LogP contribution is -2.54. The normalized spacial score (nSPS) is 15.0. The number of allylic oxidation sites excluding steroid dienone is 2. The van der Waals surface area contributed by atoms with E-state index in [0.29, 0.717) is 4.48 Å². The van der Waals surface area contributed by atoms with Crippen LogP contribution < -0.4 is 0 Å². The Morgan fingerprint density at radius 1 is 1.09 bits per heavy atom. The van der Waals surface area contributed by atoms with Crippen molar-refractivity contribution in [3.63, 3.8) is 0 Å². The maximum atomic E-state index is 12.2. The fraction of sp³-hybridized carbons (Fsp3) is 0.765. The Morgan fingerprint density at radius 2 is 1.73 bits per heavy atom. The zero-order valence-corrected chi connectivity index (χ0v) is 14.5. The third-order valence-electron chi connectivity index (χ3n) is 3.39. The van der Waals surface area contributed by atoms with Gasteiger partial charge in [-0.25, -0.2) is 0 Å². The molecule has 0 spiro atoms. The molecule has 0 amide bonds. The third-order valence-corrected chi connectivity index (χ3v) is 3.39. The van der Waals surface area contributed by atoms with E-state index >= 15 is 0 Å². The highest BCUT2D eigenvalue weighted by Gasteiger charge is 2.42. The standard InChI is InChI=1S/C17H31NO4/c1-5-6-7-8-9-10-11-12-15(19)17(22,13-16(20)21)14-18(2,3)4/h10-11,22H,5-9,12-14H2,1-4H3/p+1. The second kappa shape index (κ2) is 9.74. The number of rotatable bonds is 12. The number of carbonyl (C=O) groups is 2. The molecular formula is C17H32NO4+. The number of carbonyl (C=O) groups excluding carboxylic acids is 1. The van der Waals surface area contributed by atoms with E-state index in [2.05, 4.69) is 6.92 Å². The van der Waals surface area contributed by atoms with Gasteiger partial charge in [0.2, 0.25) is 0 Å². The largest absolute Gasteiger partial charge is 0.481 e. The number of likely N-dealkylation sites (N-methyl/N-ethyl adjacent to an activating group) is 1. The molecule has 0 aromatic rings. The fourth-order valence-corrected chi connectivity index (χ4v) is 2.46. The molecule has 0 heterocycles. The van der Waals surface area contributed by atoms with Gasteiger partial charge in [0.1, 0.15) is 6.54 Å². The Balaban J connectivity index is 4.51. The van der Waals surface area contributed by atoms with Crippen LogP contribution in [0.2, 0.25) is 0 Å². The van der Waals surface area contributed by atoms with Gasteiger partial charge in [0.15, 0.2) is 11.4 Å². The number of quaternary nitrogens is 1. The summed E-state index contributed by atoms with van der Waals surface area (Å²) in [5.41, 5.74) is -1.81. The lowest BCUT2D eigenvalue weighted by Gasteiger charge is -2.33. The van der Waals surface area contributed by atoms with Gasteiger partial charge in [-0.05, 0) is 12.8 Å². The highest BCUT2D eigenvalue weighted by atomic mass is 16.4. The summed E-state index contributed by atoms with van der Waals surface area (Å²) in [5.74, 6) is -1.58. The molecule has 0 aliphatic heterocycles. The number of carboxylic acids is 1. The molecular weight excluding hydrogens is 282 g/mol. The van der Waals surface area contributed by atoms with Gasteiger partial charge >= 0.3 is 5.97 Å². The van der Waals surface area contributed by atoms with Gasteiger partial charge in [0, 0.05) is 6.42 Å². The Hall–Kier alpha value is -1.20. The van der Waals surface area contributed by atoms with Gasteiger partial charge in [-0.2, -0.15) is 0 Å². The van der Waals surface area contributed by atoms with Gasteiger partial charge in [0.25, 0.3) is 0 Å². The Bertz CT molecular complexity index is 385. The highest BCUT2D eigenvalue weighted by molar-refractivity contribution is 5.91. The van der Waals surface area contributed by atoms with Gasteiger partial charge in [-0.3, -0.25) is 9.59 Å². The van der Waals surface area contributed by atoms with Crippen molar-refractivity contribution in [1.29, 1.82) is 0 Å². The highest BCUT2D eigenvalue weighted by Crippen LogP contribution is 2.18. The summed E-state index contributed by atoms with van der Waals surface area (Å²) in [5, 5.41) is 19.4. The molecule has 0 fully saturated rings. The molecule has 5 nitrogen and oxygen atoms in total. The maximum Gasteiger partial charge on any atom is 0.306 e. The van der Waals surface area contributed by atoms with Crippen LogP contribution in [0.15, 0.2) is 12.2 Å². The first-order valence-electron chi connectivity index (χ1n) is 8.03. The van der Waals surface area contributed by atoms with Crippen LogP contribution in [0.3, 0.4) is 0 Å². The van der Waals surface area contributed by atoms with Crippen molar-refractivity contribution in [1.82, 2.24) is 0 Å².